The number of fused-ring (bicyclic) bond motifs is 1. The number of carbonyl (C=O) groups is 1. The van der Waals surface area contributed by atoms with Crippen LogP contribution in [0.3, 0.4) is 0 Å². The van der Waals surface area contributed by atoms with Gasteiger partial charge in [0.15, 0.2) is 0 Å². The predicted octanol–water partition coefficient (Wildman–Crippen LogP) is 4.26. The minimum absolute atomic E-state index is 0.0743. The summed E-state index contributed by atoms with van der Waals surface area (Å²) in [6, 6.07) is 12.7. The Bertz CT molecular complexity index is 735. The first-order valence-corrected chi connectivity index (χ1v) is 9.02. The zero-order chi connectivity index (χ0) is 16.9. The maximum atomic E-state index is 13.9. The highest BCUT2D eigenvalue weighted by Gasteiger charge is 2.24. The maximum Gasteiger partial charge on any atom is 0.223 e. The average Bonchev–Trinajstić information content (AvgIpc) is 2.56. The van der Waals surface area contributed by atoms with E-state index in [9.17, 15) is 9.18 Å². The second-order valence-corrected chi connectivity index (χ2v) is 6.94. The van der Waals surface area contributed by atoms with Crippen molar-refractivity contribution in [2.45, 2.75) is 30.7 Å². The van der Waals surface area contributed by atoms with E-state index < -0.39 is 0 Å². The van der Waals surface area contributed by atoms with Crippen molar-refractivity contribution < 1.29 is 13.9 Å². The molecule has 24 heavy (non-hydrogen) atoms. The van der Waals surface area contributed by atoms with Crippen LogP contribution in [0.5, 0.6) is 5.75 Å². The highest BCUT2D eigenvalue weighted by molar-refractivity contribution is 7.99. The fourth-order valence-corrected chi connectivity index (χ4v) is 3.91. The lowest BCUT2D eigenvalue weighted by Gasteiger charge is -2.26. The number of benzene rings is 2. The molecule has 3 rings (SSSR count). The van der Waals surface area contributed by atoms with Gasteiger partial charge < -0.3 is 10.1 Å². The summed E-state index contributed by atoms with van der Waals surface area (Å²) in [5, 5.41) is 3.00. The van der Waals surface area contributed by atoms with Crippen molar-refractivity contribution in [1.82, 2.24) is 5.32 Å². The number of nitrogens with one attached hydrogen (secondary N) is 1. The first-order valence-electron chi connectivity index (χ1n) is 8.03. The fraction of sp³-hybridized carbons (Fsp3) is 0.316. The van der Waals surface area contributed by atoms with E-state index in [0.717, 1.165) is 29.1 Å². The Kier molecular flexibility index (Phi) is 5.41. The first kappa shape index (κ1) is 16.8. The van der Waals surface area contributed by atoms with Gasteiger partial charge in [-0.15, -0.1) is 11.8 Å². The maximum absolute atomic E-state index is 13.9. The summed E-state index contributed by atoms with van der Waals surface area (Å²) in [6.07, 6.45) is 1.09. The standard InChI is InChI=1S/C19H20FNO2S/c1-13-4-2-5-14(12-13)23-10-8-18(22)21-17-9-11-24-19-15(17)6-3-7-16(19)20/h2-7,12,17H,8-11H2,1H3,(H,21,22). The van der Waals surface area contributed by atoms with Crippen molar-refractivity contribution >= 4 is 17.7 Å². The lowest BCUT2D eigenvalue weighted by Crippen LogP contribution is -2.31. The summed E-state index contributed by atoms with van der Waals surface area (Å²) in [5.74, 6) is 1.29. The fourth-order valence-electron chi connectivity index (χ4n) is 2.77. The van der Waals surface area contributed by atoms with E-state index in [-0.39, 0.29) is 24.2 Å². The molecule has 2 aromatic rings. The number of ether oxygens (including phenoxy) is 1. The van der Waals surface area contributed by atoms with E-state index in [4.69, 9.17) is 4.74 Å². The molecule has 2 aromatic carbocycles. The normalized spacial score (nSPS) is 16.3. The lowest BCUT2D eigenvalue weighted by atomic mass is 10.0. The van der Waals surface area contributed by atoms with Crippen LogP contribution in [0, 0.1) is 12.7 Å². The predicted molar refractivity (Wildman–Crippen MR) is 93.9 cm³/mol. The van der Waals surface area contributed by atoms with Gasteiger partial charge in [0, 0.05) is 10.6 Å². The van der Waals surface area contributed by atoms with Gasteiger partial charge in [0.1, 0.15) is 11.6 Å². The van der Waals surface area contributed by atoms with Gasteiger partial charge in [-0.2, -0.15) is 0 Å². The van der Waals surface area contributed by atoms with Crippen LogP contribution in [0.15, 0.2) is 47.4 Å². The molecule has 1 unspecified atom stereocenters. The molecule has 1 N–H and O–H groups in total. The Morgan fingerprint density at radius 2 is 2.17 bits per heavy atom. The van der Waals surface area contributed by atoms with E-state index in [1.165, 1.54) is 17.8 Å². The molecule has 0 aromatic heterocycles. The number of carbonyl (C=O) groups excluding carboxylic acids is 1. The Morgan fingerprint density at radius 3 is 3.00 bits per heavy atom. The molecule has 0 aliphatic carbocycles. The quantitative estimate of drug-likeness (QED) is 0.880. The van der Waals surface area contributed by atoms with E-state index in [1.807, 2.05) is 37.3 Å². The number of thioether (sulfide) groups is 1. The van der Waals surface area contributed by atoms with Gasteiger partial charge in [0.2, 0.25) is 5.91 Å². The molecule has 0 radical (unpaired) electrons. The first-order chi connectivity index (χ1) is 11.6. The molecule has 1 aliphatic rings. The molecule has 0 saturated carbocycles. The number of rotatable bonds is 5. The van der Waals surface area contributed by atoms with Crippen LogP contribution in [-0.2, 0) is 4.79 Å². The minimum atomic E-state index is -0.209. The molecule has 1 heterocycles. The molecule has 0 bridgehead atoms. The third-order valence-corrected chi connectivity index (χ3v) is 5.11. The topological polar surface area (TPSA) is 38.3 Å². The van der Waals surface area contributed by atoms with E-state index in [0.29, 0.717) is 11.5 Å². The van der Waals surface area contributed by atoms with Crippen LogP contribution in [0.2, 0.25) is 0 Å². The Morgan fingerprint density at radius 1 is 1.33 bits per heavy atom. The zero-order valence-electron chi connectivity index (χ0n) is 13.5. The smallest absolute Gasteiger partial charge is 0.223 e. The number of halogens is 1. The van der Waals surface area contributed by atoms with Crippen LogP contribution < -0.4 is 10.1 Å². The van der Waals surface area contributed by atoms with Crippen LogP contribution in [0.4, 0.5) is 4.39 Å². The van der Waals surface area contributed by atoms with Gasteiger partial charge in [-0.05, 0) is 42.7 Å². The Labute approximate surface area is 145 Å². The summed E-state index contributed by atoms with van der Waals surface area (Å²) >= 11 is 1.51. The number of amides is 1. The van der Waals surface area contributed by atoms with Gasteiger partial charge in [0.25, 0.3) is 0 Å². The Balaban J connectivity index is 1.54. The van der Waals surface area contributed by atoms with E-state index in [2.05, 4.69) is 5.32 Å². The monoisotopic (exact) mass is 345 g/mol. The molecular formula is C19H20FNO2S. The molecule has 0 spiro atoms. The minimum Gasteiger partial charge on any atom is -0.493 e. The lowest BCUT2D eigenvalue weighted by molar-refractivity contribution is -0.122. The summed E-state index contributed by atoms with van der Waals surface area (Å²) < 4.78 is 19.5. The summed E-state index contributed by atoms with van der Waals surface area (Å²) in [5.41, 5.74) is 1.99. The van der Waals surface area contributed by atoms with E-state index in [1.54, 1.807) is 6.07 Å². The summed E-state index contributed by atoms with van der Waals surface area (Å²) in [7, 11) is 0. The number of aryl methyl sites for hydroxylation is 1. The molecule has 1 amide bonds. The van der Waals surface area contributed by atoms with Crippen LogP contribution in [0.25, 0.3) is 0 Å². The molecule has 0 saturated heterocycles. The van der Waals surface area contributed by atoms with Crippen molar-refractivity contribution in [3.05, 3.63) is 59.4 Å². The number of hydrogen-bond acceptors (Lipinski definition) is 3. The van der Waals surface area contributed by atoms with Crippen molar-refractivity contribution in [3.8, 4) is 5.75 Å². The molecule has 1 aliphatic heterocycles. The summed E-state index contributed by atoms with van der Waals surface area (Å²) in [6.45, 7) is 2.32. The van der Waals surface area contributed by atoms with Gasteiger partial charge in [-0.1, -0.05) is 24.3 Å². The third-order valence-electron chi connectivity index (χ3n) is 3.95. The molecule has 1 atom stereocenters. The molecule has 0 fully saturated rings. The SMILES string of the molecule is Cc1cccc(OCCC(=O)NC2CCSc3c(F)cccc32)c1. The van der Waals surface area contributed by atoms with Crippen LogP contribution in [0.1, 0.15) is 30.0 Å². The largest absolute Gasteiger partial charge is 0.493 e. The van der Waals surface area contributed by atoms with Crippen molar-refractivity contribution in [3.63, 3.8) is 0 Å². The second-order valence-electron chi connectivity index (χ2n) is 5.83. The second kappa shape index (κ2) is 7.71. The van der Waals surface area contributed by atoms with Crippen molar-refractivity contribution in [2.24, 2.45) is 0 Å². The van der Waals surface area contributed by atoms with Gasteiger partial charge in [0.05, 0.1) is 19.1 Å². The van der Waals surface area contributed by atoms with Gasteiger partial charge in [-0.25, -0.2) is 4.39 Å². The van der Waals surface area contributed by atoms with Gasteiger partial charge >= 0.3 is 0 Å². The zero-order valence-corrected chi connectivity index (χ0v) is 14.4. The third kappa shape index (κ3) is 4.09. The van der Waals surface area contributed by atoms with Crippen molar-refractivity contribution in [2.75, 3.05) is 12.4 Å². The molecular weight excluding hydrogens is 325 g/mol. The van der Waals surface area contributed by atoms with E-state index >= 15 is 0 Å². The molecule has 126 valence electrons. The molecule has 3 nitrogen and oxygen atoms in total. The van der Waals surface area contributed by atoms with Crippen molar-refractivity contribution in [1.29, 1.82) is 0 Å². The Hall–Kier alpha value is -2.01. The number of hydrogen-bond donors (Lipinski definition) is 1. The molecule has 5 heteroatoms. The highest BCUT2D eigenvalue weighted by Crippen LogP contribution is 2.37. The van der Waals surface area contributed by atoms with Crippen LogP contribution in [-0.4, -0.2) is 18.3 Å². The van der Waals surface area contributed by atoms with Crippen LogP contribution >= 0.6 is 11.8 Å². The summed E-state index contributed by atoms with van der Waals surface area (Å²) in [4.78, 5) is 12.8. The van der Waals surface area contributed by atoms with Gasteiger partial charge in [-0.3, -0.25) is 4.79 Å². The average molecular weight is 345 g/mol. The highest BCUT2D eigenvalue weighted by atomic mass is 32.2.